The van der Waals surface area contributed by atoms with Crippen molar-refractivity contribution in [3.8, 4) is 5.75 Å². The van der Waals surface area contributed by atoms with Crippen molar-refractivity contribution >= 4 is 34.8 Å². The van der Waals surface area contributed by atoms with Crippen LogP contribution in [-0.4, -0.2) is 41.7 Å². The molecule has 0 aliphatic heterocycles. The van der Waals surface area contributed by atoms with Gasteiger partial charge in [-0.3, -0.25) is 35.9 Å². The number of nitro groups is 1. The van der Waals surface area contributed by atoms with Crippen molar-refractivity contribution in [3.05, 3.63) is 69.8 Å². The molecule has 0 aromatic heterocycles. The first kappa shape index (κ1) is 22.7. The minimum absolute atomic E-state index is 0.0545. The van der Waals surface area contributed by atoms with Gasteiger partial charge < -0.3 is 9.47 Å². The number of nitro benzene ring substituents is 1. The molecule has 2 rings (SSSR count). The van der Waals surface area contributed by atoms with Crippen molar-refractivity contribution < 1.29 is 24.0 Å². The second kappa shape index (κ2) is 11.4. The molecule has 0 radical (unpaired) electrons. The summed E-state index contributed by atoms with van der Waals surface area (Å²) in [5, 5.41) is 13.1. The first-order valence-corrected chi connectivity index (χ1v) is 9.29. The number of para-hydroxylation sites is 1. The first-order chi connectivity index (χ1) is 14.4. The summed E-state index contributed by atoms with van der Waals surface area (Å²) < 4.78 is 10.8. The molecule has 11 heteroatoms. The molecule has 30 heavy (non-hydrogen) atoms. The molecule has 0 saturated heterocycles. The lowest BCUT2D eigenvalue weighted by molar-refractivity contribution is -0.384. The summed E-state index contributed by atoms with van der Waals surface area (Å²) in [6, 6.07) is 11.8. The largest absolute Gasteiger partial charge is 0.490 e. The number of nitrogens with zero attached hydrogens (tertiary/aromatic N) is 1. The summed E-state index contributed by atoms with van der Waals surface area (Å²) in [6.45, 7) is 3.09. The van der Waals surface area contributed by atoms with Crippen molar-refractivity contribution in [3.63, 3.8) is 0 Å². The topological polar surface area (TPSA) is 132 Å². The van der Waals surface area contributed by atoms with E-state index in [0.29, 0.717) is 19.0 Å². The van der Waals surface area contributed by atoms with Crippen LogP contribution >= 0.6 is 12.2 Å². The van der Waals surface area contributed by atoms with Crippen LogP contribution in [0.25, 0.3) is 0 Å². The molecule has 0 heterocycles. The number of benzene rings is 2. The molecule has 2 amide bonds. The highest BCUT2D eigenvalue weighted by atomic mass is 32.1. The zero-order valence-corrected chi connectivity index (χ0v) is 16.9. The van der Waals surface area contributed by atoms with Gasteiger partial charge in [0.1, 0.15) is 12.4 Å². The van der Waals surface area contributed by atoms with Gasteiger partial charge in [0.25, 0.3) is 17.5 Å². The van der Waals surface area contributed by atoms with E-state index in [1.165, 1.54) is 18.2 Å². The number of hydrogen-bond acceptors (Lipinski definition) is 7. The number of hydrogen-bond donors (Lipinski definition) is 3. The fraction of sp³-hybridized carbons (Fsp3) is 0.211. The molecular formula is C19H20N4O6S. The van der Waals surface area contributed by atoms with Gasteiger partial charge in [0.15, 0.2) is 5.11 Å². The Kier molecular flexibility index (Phi) is 8.66. The average molecular weight is 432 g/mol. The Balaban J connectivity index is 1.90. The molecule has 10 nitrogen and oxygen atoms in total. The van der Waals surface area contributed by atoms with Gasteiger partial charge in [-0.1, -0.05) is 18.2 Å². The van der Waals surface area contributed by atoms with Crippen LogP contribution in [0.1, 0.15) is 27.6 Å². The van der Waals surface area contributed by atoms with Crippen molar-refractivity contribution in [1.29, 1.82) is 0 Å². The molecule has 2 aromatic carbocycles. The van der Waals surface area contributed by atoms with E-state index in [-0.39, 0.29) is 28.5 Å². The Labute approximate surface area is 177 Å². The zero-order valence-electron chi connectivity index (χ0n) is 16.0. The normalized spacial score (nSPS) is 10.0. The van der Waals surface area contributed by atoms with Gasteiger partial charge in [-0.15, -0.1) is 0 Å². The summed E-state index contributed by atoms with van der Waals surface area (Å²) in [6.07, 6.45) is 0. The second-order valence-electron chi connectivity index (χ2n) is 5.71. The molecule has 0 fully saturated rings. The molecule has 0 bridgehead atoms. The van der Waals surface area contributed by atoms with Crippen LogP contribution < -0.4 is 20.9 Å². The predicted molar refractivity (Wildman–Crippen MR) is 112 cm³/mol. The van der Waals surface area contributed by atoms with E-state index in [1.54, 1.807) is 24.3 Å². The molecule has 2 aromatic rings. The molecule has 158 valence electrons. The standard InChI is InChI=1S/C19H20N4O6S/c1-2-28-10-11-29-16-9-4-3-8-15(16)18(25)20-19(30)22-21-17(24)13-6-5-7-14(12-13)23(26)27/h3-9,12H,2,10-11H2,1H3,(H,21,24)(H2,20,22,25,30). The zero-order chi connectivity index (χ0) is 21.9. The number of hydrazine groups is 1. The highest BCUT2D eigenvalue weighted by molar-refractivity contribution is 7.80. The summed E-state index contributed by atoms with van der Waals surface area (Å²) in [7, 11) is 0. The molecule has 0 spiro atoms. The Morgan fingerprint density at radius 2 is 1.83 bits per heavy atom. The van der Waals surface area contributed by atoms with E-state index < -0.39 is 16.7 Å². The van der Waals surface area contributed by atoms with Crippen molar-refractivity contribution in [2.75, 3.05) is 19.8 Å². The third kappa shape index (κ3) is 6.79. The van der Waals surface area contributed by atoms with Gasteiger partial charge >= 0.3 is 0 Å². The number of ether oxygens (including phenoxy) is 2. The SMILES string of the molecule is CCOCCOc1ccccc1C(=O)NC(=S)NNC(=O)c1cccc([N+](=O)[O-])c1. The minimum atomic E-state index is -0.657. The number of nitrogens with one attached hydrogen (secondary N) is 3. The van der Waals surface area contributed by atoms with Crippen LogP contribution in [0.4, 0.5) is 5.69 Å². The van der Waals surface area contributed by atoms with Crippen molar-refractivity contribution in [2.24, 2.45) is 0 Å². The quantitative estimate of drug-likeness (QED) is 0.250. The lowest BCUT2D eigenvalue weighted by Gasteiger charge is -2.13. The number of rotatable bonds is 8. The van der Waals surface area contributed by atoms with Gasteiger partial charge in [0, 0.05) is 24.3 Å². The Hall–Kier alpha value is -3.57. The smallest absolute Gasteiger partial charge is 0.270 e. The third-order valence-electron chi connectivity index (χ3n) is 3.66. The number of non-ortho nitro benzene ring substituents is 1. The number of amides is 2. The van der Waals surface area contributed by atoms with Gasteiger partial charge in [-0.2, -0.15) is 0 Å². The van der Waals surface area contributed by atoms with Crippen LogP contribution in [-0.2, 0) is 4.74 Å². The Morgan fingerprint density at radius 3 is 2.57 bits per heavy atom. The van der Waals surface area contributed by atoms with Crippen LogP contribution in [0.3, 0.4) is 0 Å². The van der Waals surface area contributed by atoms with Crippen molar-refractivity contribution in [2.45, 2.75) is 6.92 Å². The maximum atomic E-state index is 12.5. The summed E-state index contributed by atoms with van der Waals surface area (Å²) >= 11 is 5.00. The lowest BCUT2D eigenvalue weighted by Crippen LogP contribution is -2.48. The molecule has 0 atom stereocenters. The predicted octanol–water partition coefficient (Wildman–Crippen LogP) is 1.96. The van der Waals surface area contributed by atoms with Crippen LogP contribution in [0.5, 0.6) is 5.75 Å². The highest BCUT2D eigenvalue weighted by Gasteiger charge is 2.15. The van der Waals surface area contributed by atoms with E-state index in [1.807, 2.05) is 6.92 Å². The third-order valence-corrected chi connectivity index (χ3v) is 3.86. The van der Waals surface area contributed by atoms with Gasteiger partial charge in [-0.05, 0) is 37.3 Å². The molecule has 0 aliphatic carbocycles. The number of thiocarbonyl (C=S) groups is 1. The summed E-state index contributed by atoms with van der Waals surface area (Å²) in [5.74, 6) is -0.836. The molecule has 0 aliphatic rings. The lowest BCUT2D eigenvalue weighted by atomic mass is 10.2. The average Bonchev–Trinajstić information content (AvgIpc) is 2.75. The van der Waals surface area contributed by atoms with E-state index in [4.69, 9.17) is 21.7 Å². The van der Waals surface area contributed by atoms with Crippen molar-refractivity contribution in [1.82, 2.24) is 16.2 Å². The van der Waals surface area contributed by atoms with Crippen LogP contribution in [0, 0.1) is 10.1 Å². The summed E-state index contributed by atoms with van der Waals surface area (Å²) in [5.41, 5.74) is 4.73. The Bertz CT molecular complexity index is 937. The molecule has 3 N–H and O–H groups in total. The van der Waals surface area contributed by atoms with Gasteiger partial charge in [-0.25, -0.2) is 0 Å². The molecular weight excluding hydrogens is 412 g/mol. The van der Waals surface area contributed by atoms with E-state index in [9.17, 15) is 19.7 Å². The van der Waals surface area contributed by atoms with Gasteiger partial charge in [0.2, 0.25) is 0 Å². The maximum absolute atomic E-state index is 12.5. The number of carbonyl (C=O) groups is 2. The highest BCUT2D eigenvalue weighted by Crippen LogP contribution is 2.17. The fourth-order valence-electron chi connectivity index (χ4n) is 2.28. The molecule has 0 unspecified atom stereocenters. The maximum Gasteiger partial charge on any atom is 0.270 e. The van der Waals surface area contributed by atoms with Crippen LogP contribution in [0.15, 0.2) is 48.5 Å². The van der Waals surface area contributed by atoms with E-state index in [2.05, 4.69) is 16.2 Å². The first-order valence-electron chi connectivity index (χ1n) is 8.88. The van der Waals surface area contributed by atoms with E-state index >= 15 is 0 Å². The monoisotopic (exact) mass is 432 g/mol. The summed E-state index contributed by atoms with van der Waals surface area (Å²) in [4.78, 5) is 34.8. The number of carbonyl (C=O) groups excluding carboxylic acids is 2. The van der Waals surface area contributed by atoms with Crippen LogP contribution in [0.2, 0.25) is 0 Å². The Morgan fingerprint density at radius 1 is 1.07 bits per heavy atom. The minimum Gasteiger partial charge on any atom is -0.490 e. The van der Waals surface area contributed by atoms with E-state index in [0.717, 1.165) is 6.07 Å². The second-order valence-corrected chi connectivity index (χ2v) is 6.12. The molecule has 0 saturated carbocycles. The fourth-order valence-corrected chi connectivity index (χ4v) is 2.43. The van der Waals surface area contributed by atoms with Gasteiger partial charge in [0.05, 0.1) is 17.1 Å².